The normalized spacial score (nSPS) is 14.6. The van der Waals surface area contributed by atoms with Crippen LogP contribution in [0.3, 0.4) is 0 Å². The Morgan fingerprint density at radius 3 is 2.48 bits per heavy atom. The van der Waals surface area contributed by atoms with Crippen molar-refractivity contribution >= 4 is 34.9 Å². The summed E-state index contributed by atoms with van der Waals surface area (Å²) in [6.07, 6.45) is 2.40. The SMILES string of the molecule is Cc1cc(C)c(C(=O)OCC(=O)Nc2ccc(N3CCC(C)CC3)cc2)c(Cl)n1. The second-order valence-electron chi connectivity index (χ2n) is 7.59. The van der Waals surface area contributed by atoms with Crippen LogP contribution >= 0.6 is 11.6 Å². The van der Waals surface area contributed by atoms with E-state index in [0.29, 0.717) is 16.9 Å². The van der Waals surface area contributed by atoms with Crippen LogP contribution in [0, 0.1) is 19.8 Å². The fraction of sp³-hybridized carbons (Fsp3) is 0.409. The van der Waals surface area contributed by atoms with E-state index < -0.39 is 18.5 Å². The van der Waals surface area contributed by atoms with Crippen LogP contribution < -0.4 is 10.2 Å². The van der Waals surface area contributed by atoms with Gasteiger partial charge in [-0.1, -0.05) is 18.5 Å². The zero-order chi connectivity index (χ0) is 21.0. The smallest absolute Gasteiger partial charge is 0.342 e. The molecule has 0 bridgehead atoms. The van der Waals surface area contributed by atoms with Crippen LogP contribution in [0.15, 0.2) is 30.3 Å². The van der Waals surface area contributed by atoms with Gasteiger partial charge in [-0.05, 0) is 68.5 Å². The molecular weight excluding hydrogens is 390 g/mol. The number of amides is 1. The Bertz CT molecular complexity index is 868. The lowest BCUT2D eigenvalue weighted by molar-refractivity contribution is -0.119. The monoisotopic (exact) mass is 415 g/mol. The van der Waals surface area contributed by atoms with Crippen molar-refractivity contribution in [2.45, 2.75) is 33.6 Å². The average molecular weight is 416 g/mol. The van der Waals surface area contributed by atoms with Gasteiger partial charge in [-0.3, -0.25) is 4.79 Å². The zero-order valence-electron chi connectivity index (χ0n) is 17.0. The first-order chi connectivity index (χ1) is 13.8. The molecule has 0 saturated carbocycles. The largest absolute Gasteiger partial charge is 0.452 e. The lowest BCUT2D eigenvalue weighted by Gasteiger charge is -2.32. The maximum Gasteiger partial charge on any atom is 0.342 e. The number of benzene rings is 1. The molecule has 6 nitrogen and oxygen atoms in total. The number of halogens is 1. The first-order valence-corrected chi connectivity index (χ1v) is 10.2. The van der Waals surface area contributed by atoms with E-state index in [2.05, 4.69) is 22.1 Å². The van der Waals surface area contributed by atoms with Crippen LogP contribution in [0.5, 0.6) is 0 Å². The fourth-order valence-electron chi connectivity index (χ4n) is 3.46. The van der Waals surface area contributed by atoms with Crippen LogP contribution in [-0.2, 0) is 9.53 Å². The molecule has 1 N–H and O–H groups in total. The van der Waals surface area contributed by atoms with Crippen molar-refractivity contribution in [2.24, 2.45) is 5.92 Å². The summed E-state index contributed by atoms with van der Waals surface area (Å²) < 4.78 is 5.11. The highest BCUT2D eigenvalue weighted by molar-refractivity contribution is 6.32. The number of aryl methyl sites for hydroxylation is 2. The Morgan fingerprint density at radius 2 is 1.86 bits per heavy atom. The molecule has 1 aromatic carbocycles. The molecule has 7 heteroatoms. The second kappa shape index (κ2) is 9.27. The minimum atomic E-state index is -0.662. The third kappa shape index (κ3) is 5.48. The Labute approximate surface area is 176 Å². The maximum atomic E-state index is 12.3. The third-order valence-electron chi connectivity index (χ3n) is 5.14. The zero-order valence-corrected chi connectivity index (χ0v) is 17.8. The molecule has 1 aliphatic rings. The molecule has 1 aromatic heterocycles. The Morgan fingerprint density at radius 1 is 1.21 bits per heavy atom. The number of nitrogens with one attached hydrogen (secondary N) is 1. The lowest BCUT2D eigenvalue weighted by Crippen LogP contribution is -2.32. The van der Waals surface area contributed by atoms with Gasteiger partial charge in [-0.2, -0.15) is 0 Å². The number of carbonyl (C=O) groups is 2. The second-order valence-corrected chi connectivity index (χ2v) is 7.95. The predicted octanol–water partition coefficient (Wildman–Crippen LogP) is 4.38. The van der Waals surface area contributed by atoms with Crippen LogP contribution in [0.25, 0.3) is 0 Å². The number of hydrogen-bond donors (Lipinski definition) is 1. The quantitative estimate of drug-likeness (QED) is 0.579. The molecule has 1 saturated heterocycles. The molecular formula is C22H26ClN3O3. The number of hydrogen-bond acceptors (Lipinski definition) is 5. The van der Waals surface area contributed by atoms with E-state index in [0.717, 1.165) is 24.7 Å². The molecule has 0 atom stereocenters. The topological polar surface area (TPSA) is 71.5 Å². The standard InChI is InChI=1S/C22H26ClN3O3/c1-14-8-10-26(11-9-14)18-6-4-17(5-7-18)25-19(27)13-29-22(28)20-15(2)12-16(3)24-21(20)23/h4-7,12,14H,8-11,13H2,1-3H3,(H,25,27). The summed E-state index contributed by atoms with van der Waals surface area (Å²) >= 11 is 6.05. The first-order valence-electron chi connectivity index (χ1n) is 9.79. The first kappa shape index (κ1) is 21.1. The van der Waals surface area contributed by atoms with E-state index in [4.69, 9.17) is 16.3 Å². The van der Waals surface area contributed by atoms with E-state index in [-0.39, 0.29) is 10.7 Å². The highest BCUT2D eigenvalue weighted by atomic mass is 35.5. The molecule has 154 valence electrons. The molecule has 1 amide bonds. The highest BCUT2D eigenvalue weighted by Gasteiger charge is 2.19. The fourth-order valence-corrected chi connectivity index (χ4v) is 3.82. The number of rotatable bonds is 5. The summed E-state index contributed by atoms with van der Waals surface area (Å²) in [5.41, 5.74) is 3.37. The van der Waals surface area contributed by atoms with Gasteiger partial charge in [0.25, 0.3) is 5.91 Å². The van der Waals surface area contributed by atoms with E-state index in [1.165, 1.54) is 12.8 Å². The van der Waals surface area contributed by atoms with E-state index in [1.807, 2.05) is 24.3 Å². The van der Waals surface area contributed by atoms with Gasteiger partial charge in [0, 0.05) is 30.2 Å². The van der Waals surface area contributed by atoms with Gasteiger partial charge in [0.2, 0.25) is 0 Å². The molecule has 1 fully saturated rings. The molecule has 1 aliphatic heterocycles. The van der Waals surface area contributed by atoms with E-state index in [9.17, 15) is 9.59 Å². The highest BCUT2D eigenvalue weighted by Crippen LogP contribution is 2.24. The van der Waals surface area contributed by atoms with Crippen molar-refractivity contribution < 1.29 is 14.3 Å². The summed E-state index contributed by atoms with van der Waals surface area (Å²) in [6.45, 7) is 7.54. The van der Waals surface area contributed by atoms with Crippen molar-refractivity contribution in [1.29, 1.82) is 0 Å². The van der Waals surface area contributed by atoms with Gasteiger partial charge >= 0.3 is 5.97 Å². The van der Waals surface area contributed by atoms with E-state index >= 15 is 0 Å². The van der Waals surface area contributed by atoms with Gasteiger partial charge in [0.05, 0.1) is 5.56 Å². The number of anilines is 2. The number of carbonyl (C=O) groups excluding carboxylic acids is 2. The predicted molar refractivity (Wildman–Crippen MR) is 115 cm³/mol. The molecule has 3 rings (SSSR count). The minimum absolute atomic E-state index is 0.0793. The molecule has 2 heterocycles. The number of aromatic nitrogens is 1. The van der Waals surface area contributed by atoms with Crippen molar-refractivity contribution in [3.05, 3.63) is 52.3 Å². The summed E-state index contributed by atoms with van der Waals surface area (Å²) in [4.78, 5) is 30.8. The summed E-state index contributed by atoms with van der Waals surface area (Å²) in [6, 6.07) is 9.46. The summed E-state index contributed by atoms with van der Waals surface area (Å²) in [5, 5.41) is 2.82. The van der Waals surface area contributed by atoms with E-state index in [1.54, 1.807) is 19.9 Å². The molecule has 29 heavy (non-hydrogen) atoms. The van der Waals surface area contributed by atoms with Crippen LogP contribution in [0.4, 0.5) is 11.4 Å². The summed E-state index contributed by atoms with van der Waals surface area (Å²) in [5.74, 6) is -0.293. The van der Waals surface area contributed by atoms with Crippen LogP contribution in [0.2, 0.25) is 5.15 Å². The van der Waals surface area contributed by atoms with Crippen molar-refractivity contribution in [3.8, 4) is 0 Å². The maximum absolute atomic E-state index is 12.3. The van der Waals surface area contributed by atoms with Gasteiger partial charge in [0.1, 0.15) is 5.15 Å². The van der Waals surface area contributed by atoms with Crippen molar-refractivity contribution in [2.75, 3.05) is 29.9 Å². The number of pyridine rings is 1. The molecule has 0 spiro atoms. The van der Waals surface area contributed by atoms with Crippen molar-refractivity contribution in [3.63, 3.8) is 0 Å². The van der Waals surface area contributed by atoms with Crippen LogP contribution in [-0.4, -0.2) is 36.6 Å². The number of piperidine rings is 1. The summed E-state index contributed by atoms with van der Waals surface area (Å²) in [7, 11) is 0. The van der Waals surface area contributed by atoms with Gasteiger partial charge in [0.15, 0.2) is 6.61 Å². The molecule has 2 aromatic rings. The van der Waals surface area contributed by atoms with Crippen molar-refractivity contribution in [1.82, 2.24) is 4.98 Å². The average Bonchev–Trinajstić information content (AvgIpc) is 2.67. The number of ether oxygens (including phenoxy) is 1. The third-order valence-corrected chi connectivity index (χ3v) is 5.41. The van der Waals surface area contributed by atoms with Gasteiger partial charge in [-0.25, -0.2) is 9.78 Å². The lowest BCUT2D eigenvalue weighted by atomic mass is 9.99. The molecule has 0 unspecified atom stereocenters. The molecule has 0 radical (unpaired) electrons. The Hall–Kier alpha value is -2.60. The molecule has 0 aliphatic carbocycles. The van der Waals surface area contributed by atoms with Gasteiger partial charge in [-0.15, -0.1) is 0 Å². The Balaban J connectivity index is 1.52. The van der Waals surface area contributed by atoms with Crippen LogP contribution in [0.1, 0.15) is 41.4 Å². The van der Waals surface area contributed by atoms with Gasteiger partial charge < -0.3 is 15.0 Å². The minimum Gasteiger partial charge on any atom is -0.452 e. The number of esters is 1. The Kier molecular flexibility index (Phi) is 6.75. The number of nitrogens with zero attached hydrogens (tertiary/aromatic N) is 2.